The lowest BCUT2D eigenvalue weighted by atomic mass is 10.1. The van der Waals surface area contributed by atoms with E-state index in [1.807, 2.05) is 6.92 Å². The molecule has 4 nitrogen and oxygen atoms in total. The van der Waals surface area contributed by atoms with Gasteiger partial charge in [-0.25, -0.2) is 9.97 Å². The number of benzene rings is 1. The molecule has 19 heavy (non-hydrogen) atoms. The van der Waals surface area contributed by atoms with Crippen LogP contribution in [0.15, 0.2) is 28.8 Å². The fourth-order valence-electron chi connectivity index (χ4n) is 2.21. The van der Waals surface area contributed by atoms with Crippen molar-refractivity contribution in [1.82, 2.24) is 15.0 Å². The molecule has 2 aromatic heterocycles. The molecule has 3 rings (SSSR count). The van der Waals surface area contributed by atoms with E-state index < -0.39 is 0 Å². The molecule has 0 radical (unpaired) electrons. The second kappa shape index (κ2) is 4.88. The highest BCUT2D eigenvalue weighted by atomic mass is 16.3. The highest BCUT2D eigenvalue weighted by Gasteiger charge is 2.06. The summed E-state index contributed by atoms with van der Waals surface area (Å²) < 4.78 is 5.46. The van der Waals surface area contributed by atoms with Crippen molar-refractivity contribution < 1.29 is 4.42 Å². The second-order valence-electron chi connectivity index (χ2n) is 4.73. The molecule has 0 fully saturated rings. The molecule has 3 aromatic rings. The Balaban J connectivity index is 1.77. The quantitative estimate of drug-likeness (QED) is 0.778. The van der Waals surface area contributed by atoms with Gasteiger partial charge in [-0.05, 0) is 24.1 Å². The van der Waals surface area contributed by atoms with E-state index in [0.717, 1.165) is 41.9 Å². The third-order valence-electron chi connectivity index (χ3n) is 3.28. The van der Waals surface area contributed by atoms with Crippen molar-refractivity contribution >= 4 is 11.0 Å². The molecule has 1 N–H and O–H groups in total. The Hall–Kier alpha value is -2.10. The fourth-order valence-corrected chi connectivity index (χ4v) is 2.21. The van der Waals surface area contributed by atoms with Crippen LogP contribution in [0, 0.1) is 6.92 Å². The summed E-state index contributed by atoms with van der Waals surface area (Å²) in [5.41, 5.74) is 3.47. The van der Waals surface area contributed by atoms with Crippen LogP contribution in [0.5, 0.6) is 0 Å². The summed E-state index contributed by atoms with van der Waals surface area (Å²) in [5, 5.41) is 0. The van der Waals surface area contributed by atoms with Crippen molar-refractivity contribution in [3.8, 4) is 0 Å². The van der Waals surface area contributed by atoms with E-state index in [2.05, 4.69) is 40.1 Å². The minimum atomic E-state index is 0.715. The third kappa shape index (κ3) is 2.52. The molecule has 0 saturated heterocycles. The van der Waals surface area contributed by atoms with E-state index in [1.165, 1.54) is 5.56 Å². The number of oxazole rings is 1. The predicted octanol–water partition coefficient (Wildman–Crippen LogP) is 3.21. The van der Waals surface area contributed by atoms with Gasteiger partial charge in [0.15, 0.2) is 5.89 Å². The number of rotatable bonds is 4. The van der Waals surface area contributed by atoms with Crippen LogP contribution >= 0.6 is 0 Å². The standard InChI is InChI=1S/C15H17N3O/c1-3-11-4-6-13-14(8-11)18-15(17-13)7-5-12-9-16-10(2)19-12/h4,6,8-9H,3,5,7H2,1-2H3,(H,17,18). The zero-order valence-corrected chi connectivity index (χ0v) is 11.2. The van der Waals surface area contributed by atoms with E-state index in [0.29, 0.717) is 5.89 Å². The van der Waals surface area contributed by atoms with Crippen LogP contribution in [0.25, 0.3) is 11.0 Å². The SMILES string of the molecule is CCc1ccc2nc(CCc3cnc(C)o3)[nH]c2c1. The summed E-state index contributed by atoms with van der Waals surface area (Å²) in [5.74, 6) is 2.62. The van der Waals surface area contributed by atoms with Crippen molar-refractivity contribution in [3.63, 3.8) is 0 Å². The molecule has 0 unspecified atom stereocenters. The number of hydrogen-bond acceptors (Lipinski definition) is 3. The largest absolute Gasteiger partial charge is 0.446 e. The van der Waals surface area contributed by atoms with Gasteiger partial charge < -0.3 is 9.40 Å². The molecule has 0 atom stereocenters. The second-order valence-corrected chi connectivity index (χ2v) is 4.73. The minimum Gasteiger partial charge on any atom is -0.446 e. The Labute approximate surface area is 111 Å². The molecular weight excluding hydrogens is 238 g/mol. The molecule has 0 aliphatic carbocycles. The topological polar surface area (TPSA) is 54.7 Å². The van der Waals surface area contributed by atoms with Gasteiger partial charge in [0.2, 0.25) is 0 Å². The maximum Gasteiger partial charge on any atom is 0.191 e. The van der Waals surface area contributed by atoms with E-state index in [4.69, 9.17) is 4.42 Å². The maximum atomic E-state index is 5.46. The highest BCUT2D eigenvalue weighted by Crippen LogP contribution is 2.15. The zero-order chi connectivity index (χ0) is 13.2. The first kappa shape index (κ1) is 12.0. The van der Waals surface area contributed by atoms with Crippen molar-refractivity contribution in [1.29, 1.82) is 0 Å². The van der Waals surface area contributed by atoms with Crippen LogP contribution in [0.1, 0.15) is 30.0 Å². The Morgan fingerprint density at radius 3 is 2.89 bits per heavy atom. The lowest BCUT2D eigenvalue weighted by Crippen LogP contribution is -1.91. The molecule has 0 spiro atoms. The average molecular weight is 255 g/mol. The number of aromatic amines is 1. The molecule has 0 aliphatic rings. The predicted molar refractivity (Wildman–Crippen MR) is 74.1 cm³/mol. The number of hydrogen-bond donors (Lipinski definition) is 1. The van der Waals surface area contributed by atoms with E-state index in [-0.39, 0.29) is 0 Å². The number of nitrogens with zero attached hydrogens (tertiary/aromatic N) is 2. The summed E-state index contributed by atoms with van der Waals surface area (Å²) in [7, 11) is 0. The van der Waals surface area contributed by atoms with Gasteiger partial charge in [-0.3, -0.25) is 0 Å². The van der Waals surface area contributed by atoms with Crippen molar-refractivity contribution in [2.45, 2.75) is 33.1 Å². The monoisotopic (exact) mass is 255 g/mol. The first-order valence-electron chi connectivity index (χ1n) is 6.63. The molecule has 0 amide bonds. The van der Waals surface area contributed by atoms with Gasteiger partial charge >= 0.3 is 0 Å². The van der Waals surface area contributed by atoms with Gasteiger partial charge in [0.05, 0.1) is 17.2 Å². The molecule has 1 aromatic carbocycles. The number of nitrogens with one attached hydrogen (secondary N) is 1. The number of H-pyrrole nitrogens is 1. The van der Waals surface area contributed by atoms with Crippen LogP contribution in [0.3, 0.4) is 0 Å². The van der Waals surface area contributed by atoms with Gasteiger partial charge in [0.25, 0.3) is 0 Å². The first-order chi connectivity index (χ1) is 9.24. The summed E-state index contributed by atoms with van der Waals surface area (Å²) >= 11 is 0. The smallest absolute Gasteiger partial charge is 0.191 e. The highest BCUT2D eigenvalue weighted by molar-refractivity contribution is 5.75. The van der Waals surface area contributed by atoms with Gasteiger partial charge in [-0.15, -0.1) is 0 Å². The van der Waals surface area contributed by atoms with Crippen molar-refractivity contribution in [3.05, 3.63) is 47.4 Å². The lowest BCUT2D eigenvalue weighted by Gasteiger charge is -1.94. The van der Waals surface area contributed by atoms with Crippen LogP contribution in [0.2, 0.25) is 0 Å². The molecule has 98 valence electrons. The van der Waals surface area contributed by atoms with Gasteiger partial charge in [0.1, 0.15) is 11.6 Å². The Kier molecular flexibility index (Phi) is 3.07. The van der Waals surface area contributed by atoms with E-state index in [1.54, 1.807) is 6.20 Å². The van der Waals surface area contributed by atoms with Crippen molar-refractivity contribution in [2.24, 2.45) is 0 Å². The number of fused-ring (bicyclic) bond motifs is 1. The molecule has 0 aliphatic heterocycles. The number of aromatic nitrogens is 3. The normalized spacial score (nSPS) is 11.3. The van der Waals surface area contributed by atoms with Crippen LogP contribution < -0.4 is 0 Å². The Morgan fingerprint density at radius 2 is 2.16 bits per heavy atom. The van der Waals surface area contributed by atoms with Gasteiger partial charge in [-0.2, -0.15) is 0 Å². The van der Waals surface area contributed by atoms with Crippen LogP contribution in [-0.4, -0.2) is 15.0 Å². The zero-order valence-electron chi connectivity index (χ0n) is 11.2. The fraction of sp³-hybridized carbons (Fsp3) is 0.333. The van der Waals surface area contributed by atoms with Crippen LogP contribution in [0.4, 0.5) is 0 Å². The van der Waals surface area contributed by atoms with Crippen LogP contribution in [-0.2, 0) is 19.3 Å². The summed E-state index contributed by atoms with van der Waals surface area (Å²) in [4.78, 5) is 12.1. The number of imidazole rings is 1. The summed E-state index contributed by atoms with van der Waals surface area (Å²) in [6, 6.07) is 6.38. The average Bonchev–Trinajstić information content (AvgIpc) is 3.01. The van der Waals surface area contributed by atoms with Crippen molar-refractivity contribution in [2.75, 3.05) is 0 Å². The molecule has 2 heterocycles. The number of aryl methyl sites for hydroxylation is 4. The Bertz CT molecular complexity index is 696. The van der Waals surface area contributed by atoms with Gasteiger partial charge in [-0.1, -0.05) is 13.0 Å². The maximum absolute atomic E-state index is 5.46. The first-order valence-corrected chi connectivity index (χ1v) is 6.63. The molecular formula is C15H17N3O. The van der Waals surface area contributed by atoms with E-state index in [9.17, 15) is 0 Å². The summed E-state index contributed by atoms with van der Waals surface area (Å²) in [6.07, 6.45) is 4.49. The Morgan fingerprint density at radius 1 is 1.26 bits per heavy atom. The summed E-state index contributed by atoms with van der Waals surface area (Å²) in [6.45, 7) is 4.02. The van der Waals surface area contributed by atoms with E-state index >= 15 is 0 Å². The molecule has 0 bridgehead atoms. The lowest BCUT2D eigenvalue weighted by molar-refractivity contribution is 0.473. The third-order valence-corrected chi connectivity index (χ3v) is 3.28. The molecule has 0 saturated carbocycles. The minimum absolute atomic E-state index is 0.715. The molecule has 4 heteroatoms. The van der Waals surface area contributed by atoms with Gasteiger partial charge in [0, 0.05) is 19.8 Å².